The van der Waals surface area contributed by atoms with E-state index in [9.17, 15) is 4.79 Å². The highest BCUT2D eigenvalue weighted by Gasteiger charge is 2.24. The van der Waals surface area contributed by atoms with Crippen molar-refractivity contribution in [3.63, 3.8) is 0 Å². The van der Waals surface area contributed by atoms with E-state index in [2.05, 4.69) is 31.3 Å². The molecule has 1 saturated heterocycles. The summed E-state index contributed by atoms with van der Waals surface area (Å²) < 4.78 is 0. The van der Waals surface area contributed by atoms with Gasteiger partial charge in [-0.05, 0) is 44.7 Å². The molecule has 1 amide bonds. The molecule has 2 atom stereocenters. The van der Waals surface area contributed by atoms with Crippen LogP contribution in [0, 0.1) is 6.92 Å². The average molecular weight is 260 g/mol. The van der Waals surface area contributed by atoms with Crippen molar-refractivity contribution in [2.45, 2.75) is 45.7 Å². The highest BCUT2D eigenvalue weighted by atomic mass is 16.2. The van der Waals surface area contributed by atoms with Crippen LogP contribution in [0.5, 0.6) is 0 Å². The first kappa shape index (κ1) is 14.1. The Hall–Kier alpha value is -1.35. The van der Waals surface area contributed by atoms with Gasteiger partial charge >= 0.3 is 0 Å². The van der Waals surface area contributed by atoms with Crippen molar-refractivity contribution in [3.05, 3.63) is 35.4 Å². The smallest absolute Gasteiger partial charge is 0.239 e. The van der Waals surface area contributed by atoms with Crippen molar-refractivity contribution in [1.29, 1.82) is 0 Å². The Morgan fingerprint density at radius 2 is 1.84 bits per heavy atom. The van der Waals surface area contributed by atoms with Crippen LogP contribution in [0.2, 0.25) is 0 Å². The van der Waals surface area contributed by atoms with Crippen LogP contribution >= 0.6 is 0 Å². The predicted octanol–water partition coefficient (Wildman–Crippen LogP) is 2.66. The number of hydrogen-bond donors (Lipinski definition) is 1. The van der Waals surface area contributed by atoms with Gasteiger partial charge in [0.1, 0.15) is 0 Å². The second-order valence-electron chi connectivity index (χ2n) is 5.50. The molecule has 1 aromatic rings. The lowest BCUT2D eigenvalue weighted by Crippen LogP contribution is -2.44. The second kappa shape index (κ2) is 6.20. The SMILES string of the molecule is Cc1ccccc1C(C)NC(C)C(=O)N1CCCC1. The fourth-order valence-corrected chi connectivity index (χ4v) is 2.82. The third-order valence-corrected chi connectivity index (χ3v) is 3.94. The first-order chi connectivity index (χ1) is 9.09. The van der Waals surface area contributed by atoms with Crippen LogP contribution in [0.1, 0.15) is 43.9 Å². The number of benzene rings is 1. The van der Waals surface area contributed by atoms with E-state index in [0.29, 0.717) is 0 Å². The van der Waals surface area contributed by atoms with Crippen LogP contribution in [-0.4, -0.2) is 29.9 Å². The van der Waals surface area contributed by atoms with E-state index < -0.39 is 0 Å². The maximum atomic E-state index is 12.3. The van der Waals surface area contributed by atoms with Crippen LogP contribution in [0.4, 0.5) is 0 Å². The molecule has 1 heterocycles. The number of nitrogens with zero attached hydrogens (tertiary/aromatic N) is 1. The van der Waals surface area contributed by atoms with Crippen LogP contribution < -0.4 is 5.32 Å². The van der Waals surface area contributed by atoms with Crippen molar-refractivity contribution in [2.75, 3.05) is 13.1 Å². The van der Waals surface area contributed by atoms with Crippen molar-refractivity contribution in [3.8, 4) is 0 Å². The molecule has 19 heavy (non-hydrogen) atoms. The minimum atomic E-state index is -0.118. The number of carbonyl (C=O) groups excluding carboxylic acids is 1. The lowest BCUT2D eigenvalue weighted by Gasteiger charge is -2.25. The molecule has 2 unspecified atom stereocenters. The minimum Gasteiger partial charge on any atom is -0.341 e. The van der Waals surface area contributed by atoms with Crippen LogP contribution in [0.25, 0.3) is 0 Å². The maximum Gasteiger partial charge on any atom is 0.239 e. The third-order valence-electron chi connectivity index (χ3n) is 3.94. The molecule has 0 radical (unpaired) electrons. The lowest BCUT2D eigenvalue weighted by atomic mass is 10.0. The quantitative estimate of drug-likeness (QED) is 0.902. The van der Waals surface area contributed by atoms with Crippen LogP contribution in [-0.2, 0) is 4.79 Å². The highest BCUT2D eigenvalue weighted by molar-refractivity contribution is 5.81. The van der Waals surface area contributed by atoms with Gasteiger partial charge in [-0.1, -0.05) is 24.3 Å². The standard InChI is InChI=1S/C16H24N2O/c1-12-8-4-5-9-15(12)13(2)17-14(3)16(19)18-10-6-7-11-18/h4-5,8-9,13-14,17H,6-7,10-11H2,1-3H3. The Morgan fingerprint density at radius 3 is 2.47 bits per heavy atom. The monoisotopic (exact) mass is 260 g/mol. The van der Waals surface area contributed by atoms with E-state index in [4.69, 9.17) is 0 Å². The van der Waals surface area contributed by atoms with Gasteiger partial charge in [0.15, 0.2) is 0 Å². The Morgan fingerprint density at radius 1 is 1.21 bits per heavy atom. The fraction of sp³-hybridized carbons (Fsp3) is 0.562. The number of rotatable bonds is 4. The number of hydrogen-bond acceptors (Lipinski definition) is 2. The predicted molar refractivity (Wildman–Crippen MR) is 78.0 cm³/mol. The first-order valence-electron chi connectivity index (χ1n) is 7.20. The fourth-order valence-electron chi connectivity index (χ4n) is 2.82. The Kier molecular flexibility index (Phi) is 4.59. The minimum absolute atomic E-state index is 0.118. The number of carbonyl (C=O) groups is 1. The van der Waals surface area contributed by atoms with Crippen molar-refractivity contribution < 1.29 is 4.79 Å². The molecule has 1 fully saturated rings. The molecule has 0 aliphatic carbocycles. The Bertz CT molecular complexity index is 438. The molecule has 2 rings (SSSR count). The molecule has 0 spiro atoms. The normalized spacial score (nSPS) is 18.4. The van der Waals surface area contributed by atoms with Gasteiger partial charge < -0.3 is 4.90 Å². The van der Waals surface area contributed by atoms with E-state index in [1.807, 2.05) is 24.0 Å². The summed E-state index contributed by atoms with van der Waals surface area (Å²) in [6.45, 7) is 8.04. The second-order valence-corrected chi connectivity index (χ2v) is 5.50. The summed E-state index contributed by atoms with van der Waals surface area (Å²) in [4.78, 5) is 14.2. The Balaban J connectivity index is 1.96. The topological polar surface area (TPSA) is 32.3 Å². The molecule has 3 nitrogen and oxygen atoms in total. The van der Waals surface area contributed by atoms with Crippen molar-refractivity contribution in [1.82, 2.24) is 10.2 Å². The highest BCUT2D eigenvalue weighted by Crippen LogP contribution is 2.18. The van der Waals surface area contributed by atoms with Crippen molar-refractivity contribution in [2.24, 2.45) is 0 Å². The summed E-state index contributed by atoms with van der Waals surface area (Å²) in [6.07, 6.45) is 2.29. The molecule has 3 heteroatoms. The summed E-state index contributed by atoms with van der Waals surface area (Å²) in [7, 11) is 0. The lowest BCUT2D eigenvalue weighted by molar-refractivity contribution is -0.132. The van der Waals surface area contributed by atoms with E-state index in [0.717, 1.165) is 25.9 Å². The molecule has 0 bridgehead atoms. The number of likely N-dealkylation sites (tertiary alicyclic amines) is 1. The van der Waals surface area contributed by atoms with Gasteiger partial charge in [-0.15, -0.1) is 0 Å². The molecule has 104 valence electrons. The molecule has 1 aliphatic heterocycles. The molecule has 1 aliphatic rings. The number of nitrogens with one attached hydrogen (secondary N) is 1. The van der Waals surface area contributed by atoms with E-state index in [1.165, 1.54) is 11.1 Å². The van der Waals surface area contributed by atoms with E-state index >= 15 is 0 Å². The third kappa shape index (κ3) is 3.35. The largest absolute Gasteiger partial charge is 0.341 e. The summed E-state index contributed by atoms with van der Waals surface area (Å²) in [5.41, 5.74) is 2.53. The number of aryl methyl sites for hydroxylation is 1. The molecule has 0 aromatic heterocycles. The van der Waals surface area contributed by atoms with Gasteiger partial charge in [0, 0.05) is 19.1 Å². The number of amides is 1. The molecule has 1 N–H and O–H groups in total. The van der Waals surface area contributed by atoms with Gasteiger partial charge in [0.05, 0.1) is 6.04 Å². The zero-order valence-electron chi connectivity index (χ0n) is 12.1. The first-order valence-corrected chi connectivity index (χ1v) is 7.20. The molecular formula is C16H24N2O. The molecule has 0 saturated carbocycles. The summed E-state index contributed by atoms with van der Waals surface area (Å²) in [6, 6.07) is 8.41. The molecular weight excluding hydrogens is 236 g/mol. The van der Waals surface area contributed by atoms with Crippen LogP contribution in [0.15, 0.2) is 24.3 Å². The van der Waals surface area contributed by atoms with Crippen molar-refractivity contribution >= 4 is 5.91 Å². The zero-order chi connectivity index (χ0) is 13.8. The summed E-state index contributed by atoms with van der Waals surface area (Å²) in [5.74, 6) is 0.234. The molecule has 1 aromatic carbocycles. The van der Waals surface area contributed by atoms with Gasteiger partial charge in [-0.25, -0.2) is 0 Å². The summed E-state index contributed by atoms with van der Waals surface area (Å²) >= 11 is 0. The Labute approximate surface area is 116 Å². The average Bonchev–Trinajstić information content (AvgIpc) is 2.92. The van der Waals surface area contributed by atoms with E-state index in [-0.39, 0.29) is 18.0 Å². The van der Waals surface area contributed by atoms with Crippen LogP contribution in [0.3, 0.4) is 0 Å². The van der Waals surface area contributed by atoms with E-state index in [1.54, 1.807) is 0 Å². The summed E-state index contributed by atoms with van der Waals surface area (Å²) in [5, 5.41) is 3.42. The van der Waals surface area contributed by atoms with Gasteiger partial charge in [0.25, 0.3) is 0 Å². The van der Waals surface area contributed by atoms with Gasteiger partial charge in [-0.3, -0.25) is 10.1 Å². The zero-order valence-corrected chi connectivity index (χ0v) is 12.1. The van der Waals surface area contributed by atoms with Gasteiger partial charge in [0.2, 0.25) is 5.91 Å². The van der Waals surface area contributed by atoms with Gasteiger partial charge in [-0.2, -0.15) is 0 Å². The maximum absolute atomic E-state index is 12.3.